The van der Waals surface area contributed by atoms with E-state index < -0.39 is 0 Å². The van der Waals surface area contributed by atoms with E-state index in [4.69, 9.17) is 0 Å². The van der Waals surface area contributed by atoms with Gasteiger partial charge in [0, 0.05) is 18.0 Å². The summed E-state index contributed by atoms with van der Waals surface area (Å²) in [5, 5.41) is 10.5. The lowest BCUT2D eigenvalue weighted by Gasteiger charge is -2.35. The normalized spacial score (nSPS) is 21.6. The molecule has 1 saturated heterocycles. The summed E-state index contributed by atoms with van der Waals surface area (Å²) < 4.78 is 2.18. The minimum absolute atomic E-state index is 0.0949. The number of aromatic nitrogens is 3. The Balaban J connectivity index is 1.53. The van der Waals surface area contributed by atoms with Crippen molar-refractivity contribution < 1.29 is 4.79 Å². The molecule has 23 heavy (non-hydrogen) atoms. The van der Waals surface area contributed by atoms with Crippen LogP contribution in [0.4, 0.5) is 0 Å². The third-order valence-electron chi connectivity index (χ3n) is 4.82. The van der Waals surface area contributed by atoms with Crippen LogP contribution in [0.2, 0.25) is 0 Å². The Bertz CT molecular complexity index is 662. The molecule has 0 unspecified atom stereocenters. The Kier molecular flexibility index (Phi) is 4.16. The van der Waals surface area contributed by atoms with Crippen LogP contribution in [0.1, 0.15) is 48.8 Å². The van der Waals surface area contributed by atoms with E-state index in [-0.39, 0.29) is 11.9 Å². The van der Waals surface area contributed by atoms with Crippen LogP contribution < -0.4 is 0 Å². The summed E-state index contributed by atoms with van der Waals surface area (Å²) in [6, 6.07) is 4.14. The number of hydrogen-bond acceptors (Lipinski definition) is 4. The summed E-state index contributed by atoms with van der Waals surface area (Å²) in [7, 11) is 0. The van der Waals surface area contributed by atoms with Crippen molar-refractivity contribution in [2.45, 2.75) is 51.1 Å². The molecular formula is C17H22N4OS. The van der Waals surface area contributed by atoms with Crippen molar-refractivity contribution in [2.24, 2.45) is 5.92 Å². The molecule has 6 heteroatoms. The topological polar surface area (TPSA) is 51.0 Å². The highest BCUT2D eigenvalue weighted by Gasteiger charge is 2.32. The standard InChI is InChI=1S/C17H22N4OS/c22-16(10-14-4-3-9-23-14)21-8-2-1-5-15(21)17-19-18-12-20(17)11-13-6-7-13/h3-4,9,12-13,15H,1-2,5-8,10-11H2/t15-/m1/s1. The zero-order valence-electron chi connectivity index (χ0n) is 13.2. The molecular weight excluding hydrogens is 308 g/mol. The predicted molar refractivity (Wildman–Crippen MR) is 89.1 cm³/mol. The van der Waals surface area contributed by atoms with E-state index in [1.54, 1.807) is 11.3 Å². The lowest BCUT2D eigenvalue weighted by molar-refractivity contribution is -0.134. The summed E-state index contributed by atoms with van der Waals surface area (Å²) >= 11 is 1.65. The highest BCUT2D eigenvalue weighted by atomic mass is 32.1. The summed E-state index contributed by atoms with van der Waals surface area (Å²) in [5.74, 6) is 1.98. The van der Waals surface area contributed by atoms with Crippen LogP contribution in [0.5, 0.6) is 0 Å². The monoisotopic (exact) mass is 330 g/mol. The SMILES string of the molecule is O=C(Cc1cccs1)N1CCCC[C@@H]1c1nncn1CC1CC1. The number of carbonyl (C=O) groups excluding carboxylic acids is 1. The summed E-state index contributed by atoms with van der Waals surface area (Å²) in [4.78, 5) is 16.0. The number of rotatable bonds is 5. The molecule has 122 valence electrons. The second-order valence-electron chi connectivity index (χ2n) is 6.64. The third-order valence-corrected chi connectivity index (χ3v) is 5.70. The molecule has 1 aliphatic heterocycles. The molecule has 0 spiro atoms. The Morgan fingerprint density at radius 3 is 3.00 bits per heavy atom. The van der Waals surface area contributed by atoms with Gasteiger partial charge < -0.3 is 9.47 Å². The molecule has 2 aliphatic rings. The van der Waals surface area contributed by atoms with Crippen LogP contribution in [0, 0.1) is 5.92 Å². The molecule has 2 aromatic rings. The van der Waals surface area contributed by atoms with Crippen molar-refractivity contribution in [3.05, 3.63) is 34.5 Å². The first kappa shape index (κ1) is 14.9. The molecule has 0 N–H and O–H groups in total. The van der Waals surface area contributed by atoms with Gasteiger partial charge in [0.2, 0.25) is 5.91 Å². The van der Waals surface area contributed by atoms with Crippen LogP contribution in [-0.4, -0.2) is 32.1 Å². The van der Waals surface area contributed by atoms with Gasteiger partial charge in [-0.25, -0.2) is 0 Å². The molecule has 1 amide bonds. The third kappa shape index (κ3) is 3.32. The van der Waals surface area contributed by atoms with Gasteiger partial charge in [0.25, 0.3) is 0 Å². The second kappa shape index (κ2) is 6.43. The number of piperidine rings is 1. The maximum atomic E-state index is 12.8. The van der Waals surface area contributed by atoms with Crippen molar-refractivity contribution in [3.63, 3.8) is 0 Å². The Morgan fingerprint density at radius 2 is 2.22 bits per heavy atom. The second-order valence-corrected chi connectivity index (χ2v) is 7.67. The molecule has 4 rings (SSSR count). The van der Waals surface area contributed by atoms with Gasteiger partial charge in [0.1, 0.15) is 6.33 Å². The van der Waals surface area contributed by atoms with E-state index in [0.717, 1.165) is 49.0 Å². The number of nitrogens with zero attached hydrogens (tertiary/aromatic N) is 4. The lowest BCUT2D eigenvalue weighted by atomic mass is 10.0. The first-order valence-corrected chi connectivity index (χ1v) is 9.39. The molecule has 2 fully saturated rings. The highest BCUT2D eigenvalue weighted by molar-refractivity contribution is 7.10. The van der Waals surface area contributed by atoms with Crippen LogP contribution in [0.15, 0.2) is 23.8 Å². The zero-order valence-corrected chi connectivity index (χ0v) is 14.0. The highest BCUT2D eigenvalue weighted by Crippen LogP contribution is 2.34. The van der Waals surface area contributed by atoms with Crippen LogP contribution in [0.3, 0.4) is 0 Å². The van der Waals surface area contributed by atoms with Gasteiger partial charge in [-0.2, -0.15) is 0 Å². The largest absolute Gasteiger partial charge is 0.332 e. The van der Waals surface area contributed by atoms with E-state index in [9.17, 15) is 4.79 Å². The van der Waals surface area contributed by atoms with Gasteiger partial charge in [-0.1, -0.05) is 6.07 Å². The fourth-order valence-corrected chi connectivity index (χ4v) is 4.10. The lowest BCUT2D eigenvalue weighted by Crippen LogP contribution is -2.40. The number of carbonyl (C=O) groups is 1. The number of hydrogen-bond donors (Lipinski definition) is 0. The van der Waals surface area contributed by atoms with Crippen LogP contribution in [-0.2, 0) is 17.8 Å². The molecule has 0 aromatic carbocycles. The first-order chi connectivity index (χ1) is 11.3. The van der Waals surface area contributed by atoms with Gasteiger partial charge in [-0.05, 0) is 49.5 Å². The molecule has 1 saturated carbocycles. The molecule has 1 atom stereocenters. The summed E-state index contributed by atoms with van der Waals surface area (Å²) in [6.45, 7) is 1.84. The van der Waals surface area contributed by atoms with Gasteiger partial charge >= 0.3 is 0 Å². The molecule has 1 aliphatic carbocycles. The average Bonchev–Trinajstić information content (AvgIpc) is 3.04. The van der Waals surface area contributed by atoms with E-state index in [0.29, 0.717) is 6.42 Å². The Morgan fingerprint density at radius 1 is 1.30 bits per heavy atom. The smallest absolute Gasteiger partial charge is 0.228 e. The number of amides is 1. The molecule has 3 heterocycles. The van der Waals surface area contributed by atoms with E-state index in [1.165, 1.54) is 12.8 Å². The summed E-state index contributed by atoms with van der Waals surface area (Å²) in [6.07, 6.45) is 8.20. The maximum absolute atomic E-state index is 12.8. The van der Waals surface area contributed by atoms with Crippen molar-refractivity contribution in [2.75, 3.05) is 6.54 Å². The molecule has 5 nitrogen and oxygen atoms in total. The molecule has 2 aromatic heterocycles. The molecule has 0 radical (unpaired) electrons. The predicted octanol–water partition coefficient (Wildman–Crippen LogP) is 3.05. The summed E-state index contributed by atoms with van der Waals surface area (Å²) in [5.41, 5.74) is 0. The fourth-order valence-electron chi connectivity index (χ4n) is 3.40. The molecule has 0 bridgehead atoms. The van der Waals surface area contributed by atoms with Crippen LogP contribution >= 0.6 is 11.3 Å². The van der Waals surface area contributed by atoms with Gasteiger partial charge in [-0.15, -0.1) is 21.5 Å². The van der Waals surface area contributed by atoms with Crippen LogP contribution in [0.25, 0.3) is 0 Å². The first-order valence-electron chi connectivity index (χ1n) is 8.51. The van der Waals surface area contributed by atoms with Crippen molar-refractivity contribution >= 4 is 17.2 Å². The van der Waals surface area contributed by atoms with Gasteiger partial charge in [0.15, 0.2) is 5.82 Å². The Labute approximate surface area is 140 Å². The van der Waals surface area contributed by atoms with Crippen molar-refractivity contribution in [3.8, 4) is 0 Å². The van der Waals surface area contributed by atoms with Crippen molar-refractivity contribution in [1.29, 1.82) is 0 Å². The minimum Gasteiger partial charge on any atom is -0.332 e. The van der Waals surface area contributed by atoms with Gasteiger partial charge in [-0.3, -0.25) is 4.79 Å². The fraction of sp³-hybridized carbons (Fsp3) is 0.588. The Hall–Kier alpha value is -1.69. The van der Waals surface area contributed by atoms with Crippen molar-refractivity contribution in [1.82, 2.24) is 19.7 Å². The quantitative estimate of drug-likeness (QED) is 0.847. The zero-order chi connectivity index (χ0) is 15.6. The van der Waals surface area contributed by atoms with E-state index in [1.807, 2.05) is 28.7 Å². The van der Waals surface area contributed by atoms with E-state index >= 15 is 0 Å². The van der Waals surface area contributed by atoms with E-state index in [2.05, 4.69) is 14.8 Å². The maximum Gasteiger partial charge on any atom is 0.228 e. The minimum atomic E-state index is 0.0949. The number of likely N-dealkylation sites (tertiary alicyclic amines) is 1. The average molecular weight is 330 g/mol. The van der Waals surface area contributed by atoms with Gasteiger partial charge in [0.05, 0.1) is 12.5 Å². The number of thiophene rings is 1.